The quantitative estimate of drug-likeness (QED) is 0.668. The molecule has 3 aromatic rings. The van der Waals surface area contributed by atoms with E-state index >= 15 is 0 Å². The van der Waals surface area contributed by atoms with Crippen LogP contribution in [0.25, 0.3) is 22.0 Å². The summed E-state index contributed by atoms with van der Waals surface area (Å²) in [4.78, 5) is 27.1. The summed E-state index contributed by atoms with van der Waals surface area (Å²) >= 11 is 0. The number of hydrogen-bond donors (Lipinski definition) is 2. The van der Waals surface area contributed by atoms with Crippen molar-refractivity contribution in [3.63, 3.8) is 0 Å². The van der Waals surface area contributed by atoms with Crippen LogP contribution in [0.2, 0.25) is 0 Å². The fourth-order valence-electron chi connectivity index (χ4n) is 2.78. The number of pyridine rings is 1. The molecule has 3 rings (SSSR count). The van der Waals surface area contributed by atoms with Gasteiger partial charge in [-0.05, 0) is 23.6 Å². The number of nitrogens with zero attached hydrogens (tertiary/aromatic N) is 2. The standard InChI is InChI=1S/C20H13FN2O4/c21-15-6-5-14(12-3-1-2-4-13(12)15)16-9-11(10-22)20(27)19(23-16)17(24)7-8-18(25)26/h1-6,9,27H,7-8H2,(H,25,26). The molecule has 6 nitrogen and oxygen atoms in total. The monoisotopic (exact) mass is 364 g/mol. The van der Waals surface area contributed by atoms with Crippen molar-refractivity contribution in [3.05, 3.63) is 59.5 Å². The second kappa shape index (κ2) is 7.22. The first-order valence-corrected chi connectivity index (χ1v) is 7.99. The number of rotatable bonds is 5. The van der Waals surface area contributed by atoms with Gasteiger partial charge in [0.25, 0.3) is 0 Å². The van der Waals surface area contributed by atoms with Crippen molar-refractivity contribution in [1.29, 1.82) is 5.26 Å². The van der Waals surface area contributed by atoms with Crippen LogP contribution in [0.4, 0.5) is 4.39 Å². The van der Waals surface area contributed by atoms with Crippen LogP contribution < -0.4 is 0 Å². The molecule has 0 aliphatic rings. The molecule has 2 N–H and O–H groups in total. The number of carbonyl (C=O) groups is 2. The number of halogens is 1. The molecule has 1 heterocycles. The lowest BCUT2D eigenvalue weighted by molar-refractivity contribution is -0.136. The molecule has 0 saturated carbocycles. The fraction of sp³-hybridized carbons (Fsp3) is 0.100. The normalized spacial score (nSPS) is 10.5. The fourth-order valence-corrected chi connectivity index (χ4v) is 2.78. The Morgan fingerprint density at radius 1 is 1.11 bits per heavy atom. The smallest absolute Gasteiger partial charge is 0.303 e. The minimum Gasteiger partial charge on any atom is -0.504 e. The first-order chi connectivity index (χ1) is 12.9. The molecule has 0 bridgehead atoms. The van der Waals surface area contributed by atoms with Crippen LogP contribution in [0.3, 0.4) is 0 Å². The van der Waals surface area contributed by atoms with Crippen LogP contribution in [0.1, 0.15) is 28.9 Å². The summed E-state index contributed by atoms with van der Waals surface area (Å²) in [7, 11) is 0. The Bertz CT molecular complexity index is 1120. The summed E-state index contributed by atoms with van der Waals surface area (Å²) in [6.07, 6.45) is -0.792. The Hall–Kier alpha value is -3.79. The zero-order chi connectivity index (χ0) is 19.6. The second-order valence-corrected chi connectivity index (χ2v) is 5.82. The van der Waals surface area contributed by atoms with Crippen molar-refractivity contribution < 1.29 is 24.2 Å². The summed E-state index contributed by atoms with van der Waals surface area (Å²) in [5.41, 5.74) is 0.140. The predicted octanol–water partition coefficient (Wildman–Crippen LogP) is 3.67. The van der Waals surface area contributed by atoms with Gasteiger partial charge in [0.2, 0.25) is 0 Å². The number of aromatic hydroxyl groups is 1. The SMILES string of the molecule is N#Cc1cc(-c2ccc(F)c3ccccc23)nc(C(=O)CCC(=O)O)c1O. The van der Waals surface area contributed by atoms with Crippen LogP contribution in [0, 0.1) is 17.1 Å². The number of carbonyl (C=O) groups excluding carboxylic acids is 1. The second-order valence-electron chi connectivity index (χ2n) is 5.82. The number of ketones is 1. The van der Waals surface area contributed by atoms with Crippen LogP contribution in [-0.4, -0.2) is 26.9 Å². The van der Waals surface area contributed by atoms with Crippen molar-refractivity contribution in [1.82, 2.24) is 4.98 Å². The number of aromatic nitrogens is 1. The molecule has 0 unspecified atom stereocenters. The number of carboxylic acids is 1. The van der Waals surface area contributed by atoms with Gasteiger partial charge < -0.3 is 10.2 Å². The van der Waals surface area contributed by atoms with Crippen molar-refractivity contribution >= 4 is 22.5 Å². The molecular weight excluding hydrogens is 351 g/mol. The molecule has 0 atom stereocenters. The van der Waals surface area contributed by atoms with Crippen LogP contribution >= 0.6 is 0 Å². The van der Waals surface area contributed by atoms with Crippen molar-refractivity contribution in [3.8, 4) is 23.1 Å². The lowest BCUT2D eigenvalue weighted by Gasteiger charge is -2.11. The molecule has 0 spiro atoms. The van der Waals surface area contributed by atoms with Crippen LogP contribution in [0.5, 0.6) is 5.75 Å². The highest BCUT2D eigenvalue weighted by Gasteiger charge is 2.20. The maximum atomic E-state index is 14.1. The van der Waals surface area contributed by atoms with Crippen molar-refractivity contribution in [2.75, 3.05) is 0 Å². The Morgan fingerprint density at radius 3 is 2.48 bits per heavy atom. The largest absolute Gasteiger partial charge is 0.504 e. The highest BCUT2D eigenvalue weighted by Crippen LogP contribution is 2.33. The van der Waals surface area contributed by atoms with E-state index in [2.05, 4.69) is 4.98 Å². The average Bonchev–Trinajstić information content (AvgIpc) is 2.67. The van der Waals surface area contributed by atoms with Gasteiger partial charge in [0.1, 0.15) is 17.6 Å². The third kappa shape index (κ3) is 3.46. The van der Waals surface area contributed by atoms with Gasteiger partial charge in [-0.1, -0.05) is 24.3 Å². The van der Waals surface area contributed by atoms with E-state index in [1.807, 2.05) is 0 Å². The number of aliphatic carboxylic acids is 1. The first kappa shape index (κ1) is 18.0. The summed E-state index contributed by atoms with van der Waals surface area (Å²) in [5.74, 6) is -2.88. The van der Waals surface area contributed by atoms with Gasteiger partial charge in [0, 0.05) is 17.4 Å². The van der Waals surface area contributed by atoms with Gasteiger partial charge >= 0.3 is 5.97 Å². The van der Waals surface area contributed by atoms with Crippen molar-refractivity contribution in [2.45, 2.75) is 12.8 Å². The molecule has 0 radical (unpaired) electrons. The maximum Gasteiger partial charge on any atom is 0.303 e. The predicted molar refractivity (Wildman–Crippen MR) is 94.7 cm³/mol. The molecule has 27 heavy (non-hydrogen) atoms. The highest BCUT2D eigenvalue weighted by molar-refractivity contribution is 6.01. The summed E-state index contributed by atoms with van der Waals surface area (Å²) < 4.78 is 14.1. The minimum absolute atomic E-state index is 0.174. The van der Waals surface area contributed by atoms with E-state index in [4.69, 9.17) is 5.11 Å². The molecule has 1 aromatic heterocycles. The topological polar surface area (TPSA) is 111 Å². The maximum absolute atomic E-state index is 14.1. The molecule has 2 aromatic carbocycles. The first-order valence-electron chi connectivity index (χ1n) is 7.99. The number of hydrogen-bond acceptors (Lipinski definition) is 5. The number of Topliss-reactive ketones (excluding diaryl/α,β-unsaturated/α-hetero) is 1. The molecule has 0 fully saturated rings. The van der Waals surface area contributed by atoms with E-state index in [9.17, 15) is 24.3 Å². The molecular formula is C20H13FN2O4. The zero-order valence-electron chi connectivity index (χ0n) is 13.9. The van der Waals surface area contributed by atoms with E-state index in [0.29, 0.717) is 16.3 Å². The van der Waals surface area contributed by atoms with Gasteiger partial charge in [-0.25, -0.2) is 9.37 Å². The molecule has 0 aliphatic carbocycles. The molecule has 7 heteroatoms. The highest BCUT2D eigenvalue weighted by atomic mass is 19.1. The van der Waals surface area contributed by atoms with E-state index in [-0.39, 0.29) is 23.4 Å². The van der Waals surface area contributed by atoms with Gasteiger partial charge in [-0.3, -0.25) is 9.59 Å². The Morgan fingerprint density at radius 2 is 1.81 bits per heavy atom. The minimum atomic E-state index is -1.16. The number of benzene rings is 2. The zero-order valence-corrected chi connectivity index (χ0v) is 13.9. The summed E-state index contributed by atoms with van der Waals surface area (Å²) in [6, 6.07) is 12.5. The van der Waals surface area contributed by atoms with Gasteiger partial charge in [-0.15, -0.1) is 0 Å². The van der Waals surface area contributed by atoms with Crippen LogP contribution in [-0.2, 0) is 4.79 Å². The molecule has 134 valence electrons. The van der Waals surface area contributed by atoms with E-state index in [1.165, 1.54) is 18.2 Å². The third-order valence-corrected chi connectivity index (χ3v) is 4.09. The Balaban J connectivity index is 2.19. The lowest BCUT2D eigenvalue weighted by Crippen LogP contribution is -2.08. The molecule has 0 aliphatic heterocycles. The average molecular weight is 364 g/mol. The number of carboxylic acid groups (broad SMARTS) is 1. The van der Waals surface area contributed by atoms with Gasteiger partial charge in [0.15, 0.2) is 11.5 Å². The van der Waals surface area contributed by atoms with Gasteiger partial charge in [-0.2, -0.15) is 5.26 Å². The molecule has 0 amide bonds. The Labute approximate surface area is 153 Å². The van der Waals surface area contributed by atoms with E-state index in [1.54, 1.807) is 30.3 Å². The molecule has 0 saturated heterocycles. The third-order valence-electron chi connectivity index (χ3n) is 4.09. The number of nitriles is 1. The summed E-state index contributed by atoms with van der Waals surface area (Å²) in [5, 5.41) is 29.0. The van der Waals surface area contributed by atoms with Gasteiger partial charge in [0.05, 0.1) is 17.7 Å². The van der Waals surface area contributed by atoms with E-state index < -0.39 is 29.7 Å². The number of fused-ring (bicyclic) bond motifs is 1. The lowest BCUT2D eigenvalue weighted by atomic mass is 9.99. The van der Waals surface area contributed by atoms with E-state index in [0.717, 1.165) is 0 Å². The van der Waals surface area contributed by atoms with Crippen LogP contribution in [0.15, 0.2) is 42.5 Å². The van der Waals surface area contributed by atoms with Crippen molar-refractivity contribution in [2.24, 2.45) is 0 Å². The summed E-state index contributed by atoms with van der Waals surface area (Å²) in [6.45, 7) is 0. The Kier molecular flexibility index (Phi) is 4.81.